The molecule has 0 unspecified atom stereocenters. The van der Waals surface area contributed by atoms with Gasteiger partial charge in [-0.1, -0.05) is 36.5 Å². The molecule has 0 spiro atoms. The molecule has 1 aliphatic heterocycles. The highest BCUT2D eigenvalue weighted by atomic mass is 32.2. The van der Waals surface area contributed by atoms with E-state index < -0.39 is 0 Å². The zero-order chi connectivity index (χ0) is 11.7. The van der Waals surface area contributed by atoms with Crippen molar-refractivity contribution in [3.8, 4) is 0 Å². The van der Waals surface area contributed by atoms with Gasteiger partial charge in [0.2, 0.25) is 0 Å². The van der Waals surface area contributed by atoms with Crippen molar-refractivity contribution < 1.29 is 4.79 Å². The van der Waals surface area contributed by atoms with Crippen LogP contribution in [0.25, 0.3) is 0 Å². The number of rotatable bonds is 2. The third-order valence-electron chi connectivity index (χ3n) is 2.39. The molecule has 0 N–H and O–H groups in total. The Balaban J connectivity index is 2.38. The second kappa shape index (κ2) is 5.25. The van der Waals surface area contributed by atoms with Crippen LogP contribution in [0, 0.1) is 0 Å². The maximum atomic E-state index is 12.1. The summed E-state index contributed by atoms with van der Waals surface area (Å²) in [4.78, 5) is 23.5. The van der Waals surface area contributed by atoms with Crippen LogP contribution in [-0.2, 0) is 4.79 Å². The van der Waals surface area contributed by atoms with Crippen LogP contribution in [-0.4, -0.2) is 16.3 Å². The summed E-state index contributed by atoms with van der Waals surface area (Å²) in [6, 6.07) is 0. The highest BCUT2D eigenvalue weighted by Gasteiger charge is 2.32. The Labute approximate surface area is 111 Å². The minimum absolute atomic E-state index is 0.0314. The Morgan fingerprint density at radius 2 is 1.38 bits per heavy atom. The molecule has 0 amide bonds. The van der Waals surface area contributed by atoms with Crippen molar-refractivity contribution in [1.82, 2.24) is 0 Å². The van der Waals surface area contributed by atoms with Crippen molar-refractivity contribution >= 4 is 52.0 Å². The van der Waals surface area contributed by atoms with Crippen molar-refractivity contribution in [1.29, 1.82) is 0 Å². The van der Waals surface area contributed by atoms with E-state index in [4.69, 9.17) is 0 Å². The van der Waals surface area contributed by atoms with Gasteiger partial charge in [0.05, 0.1) is 18.9 Å². The van der Waals surface area contributed by atoms with Crippen LogP contribution in [0.4, 0.5) is 0 Å². The SMILES string of the molecule is CC[C@@H]1Sc2sc(=O)sc2S[C@H](CC)C1=O. The van der Waals surface area contributed by atoms with Crippen LogP contribution in [0.1, 0.15) is 26.7 Å². The molecule has 0 aromatic carbocycles. The van der Waals surface area contributed by atoms with Crippen LogP contribution in [0.5, 0.6) is 0 Å². The van der Waals surface area contributed by atoms with E-state index in [-0.39, 0.29) is 14.6 Å². The Morgan fingerprint density at radius 3 is 1.75 bits per heavy atom. The van der Waals surface area contributed by atoms with Crippen molar-refractivity contribution in [3.63, 3.8) is 0 Å². The molecule has 1 aromatic rings. The van der Waals surface area contributed by atoms with E-state index in [1.54, 1.807) is 23.5 Å². The second-order valence-electron chi connectivity index (χ2n) is 3.46. The van der Waals surface area contributed by atoms with Crippen molar-refractivity contribution in [2.24, 2.45) is 0 Å². The predicted molar refractivity (Wildman–Crippen MR) is 73.3 cm³/mol. The molecule has 0 saturated heterocycles. The summed E-state index contributed by atoms with van der Waals surface area (Å²) in [5.74, 6) is 0.336. The first-order valence-corrected chi connectivity index (χ1v) is 8.55. The minimum atomic E-state index is 0.0314. The van der Waals surface area contributed by atoms with Gasteiger partial charge in [0.25, 0.3) is 4.06 Å². The van der Waals surface area contributed by atoms with Crippen LogP contribution in [0.15, 0.2) is 13.2 Å². The van der Waals surface area contributed by atoms with E-state index in [1.165, 1.54) is 22.7 Å². The number of ketones is 1. The third kappa shape index (κ3) is 2.39. The molecule has 0 bridgehead atoms. The summed E-state index contributed by atoms with van der Waals surface area (Å²) < 4.78 is 2.25. The average Bonchev–Trinajstić information content (AvgIpc) is 2.56. The first kappa shape index (κ1) is 12.7. The molecule has 0 aliphatic carbocycles. The molecule has 16 heavy (non-hydrogen) atoms. The Bertz CT molecular complexity index is 411. The van der Waals surface area contributed by atoms with E-state index in [2.05, 4.69) is 0 Å². The van der Waals surface area contributed by atoms with Crippen molar-refractivity contribution in [2.45, 2.75) is 45.6 Å². The molecule has 0 fully saturated rings. The zero-order valence-electron chi connectivity index (χ0n) is 9.02. The fraction of sp³-hybridized carbons (Fsp3) is 0.600. The Kier molecular flexibility index (Phi) is 4.15. The lowest BCUT2D eigenvalue weighted by molar-refractivity contribution is -0.118. The maximum Gasteiger partial charge on any atom is 0.289 e. The molecule has 2 heterocycles. The smallest absolute Gasteiger partial charge is 0.289 e. The molecule has 2 atom stereocenters. The minimum Gasteiger partial charge on any atom is -0.297 e. The molecule has 88 valence electrons. The van der Waals surface area contributed by atoms with Crippen LogP contribution in [0.2, 0.25) is 0 Å². The van der Waals surface area contributed by atoms with Crippen LogP contribution in [0.3, 0.4) is 0 Å². The summed E-state index contributed by atoms with van der Waals surface area (Å²) in [5, 5.41) is 0.0629. The van der Waals surface area contributed by atoms with Gasteiger partial charge < -0.3 is 0 Å². The molecule has 6 heteroatoms. The number of carbonyl (C=O) groups excluding carboxylic acids is 1. The lowest BCUT2D eigenvalue weighted by Crippen LogP contribution is -2.25. The van der Waals surface area contributed by atoms with Gasteiger partial charge >= 0.3 is 0 Å². The summed E-state index contributed by atoms with van der Waals surface area (Å²) in [7, 11) is 0. The van der Waals surface area contributed by atoms with Crippen molar-refractivity contribution in [2.75, 3.05) is 0 Å². The molecule has 1 aromatic heterocycles. The molecular formula is C10H12O2S4. The number of Topliss-reactive ketones (excluding diaryl/α,β-unsaturated/α-hetero) is 1. The van der Waals surface area contributed by atoms with Gasteiger partial charge in [-0.3, -0.25) is 9.59 Å². The highest BCUT2D eigenvalue weighted by molar-refractivity contribution is 8.07. The fourth-order valence-corrected chi connectivity index (χ4v) is 7.31. The summed E-state index contributed by atoms with van der Waals surface area (Å²) in [6.07, 6.45) is 1.69. The first-order chi connectivity index (χ1) is 7.65. The van der Waals surface area contributed by atoms with Gasteiger partial charge in [0, 0.05) is 0 Å². The van der Waals surface area contributed by atoms with Gasteiger partial charge in [-0.15, -0.1) is 23.5 Å². The second-order valence-corrected chi connectivity index (χ2v) is 8.63. The standard InChI is InChI=1S/C10H12O2S4/c1-3-5-7(11)6(4-2)14-9-8(13-5)15-10(12)16-9/h5-6H,3-4H2,1-2H3/t5-,6+. The third-order valence-corrected chi connectivity index (χ3v) is 8.14. The van der Waals surface area contributed by atoms with Gasteiger partial charge in [0.15, 0.2) is 5.78 Å². The molecule has 2 nitrogen and oxygen atoms in total. The maximum absolute atomic E-state index is 12.1. The van der Waals surface area contributed by atoms with E-state index in [0.717, 1.165) is 21.3 Å². The van der Waals surface area contributed by atoms with E-state index in [1.807, 2.05) is 13.8 Å². The number of thioether (sulfide) groups is 2. The van der Waals surface area contributed by atoms with Gasteiger partial charge in [-0.2, -0.15) is 0 Å². The number of fused-ring (bicyclic) bond motifs is 1. The summed E-state index contributed by atoms with van der Waals surface area (Å²) >= 11 is 5.75. The predicted octanol–water partition coefficient (Wildman–Crippen LogP) is 3.49. The normalized spacial score (nSPS) is 25.2. The van der Waals surface area contributed by atoms with Crippen LogP contribution >= 0.6 is 46.2 Å². The number of hydrogen-bond acceptors (Lipinski definition) is 6. The van der Waals surface area contributed by atoms with Gasteiger partial charge in [-0.25, -0.2) is 0 Å². The largest absolute Gasteiger partial charge is 0.297 e. The first-order valence-electron chi connectivity index (χ1n) is 5.16. The summed E-state index contributed by atoms with van der Waals surface area (Å²) in [5.41, 5.74) is 0. The number of carbonyl (C=O) groups is 1. The highest BCUT2D eigenvalue weighted by Crippen LogP contribution is 2.45. The molecule has 2 rings (SSSR count). The van der Waals surface area contributed by atoms with Crippen molar-refractivity contribution in [3.05, 3.63) is 8.85 Å². The number of hydrogen-bond donors (Lipinski definition) is 0. The molecule has 0 saturated carbocycles. The Hall–Kier alpha value is 0.220. The lowest BCUT2D eigenvalue weighted by Gasteiger charge is -2.14. The molecule has 0 radical (unpaired) electrons. The van der Waals surface area contributed by atoms with Crippen LogP contribution < -0.4 is 4.06 Å². The zero-order valence-corrected chi connectivity index (χ0v) is 12.3. The van der Waals surface area contributed by atoms with Gasteiger partial charge in [-0.05, 0) is 12.8 Å². The molecular weight excluding hydrogens is 280 g/mol. The summed E-state index contributed by atoms with van der Waals surface area (Å²) in [6.45, 7) is 4.07. The lowest BCUT2D eigenvalue weighted by atomic mass is 10.1. The fourth-order valence-electron chi connectivity index (χ4n) is 1.55. The quantitative estimate of drug-likeness (QED) is 0.835. The topological polar surface area (TPSA) is 34.1 Å². The van der Waals surface area contributed by atoms with E-state index in [9.17, 15) is 9.59 Å². The Morgan fingerprint density at radius 1 is 0.938 bits per heavy atom. The average molecular weight is 292 g/mol. The monoisotopic (exact) mass is 292 g/mol. The molecule has 1 aliphatic rings. The van der Waals surface area contributed by atoms with E-state index in [0.29, 0.717) is 5.78 Å². The van der Waals surface area contributed by atoms with E-state index >= 15 is 0 Å². The van der Waals surface area contributed by atoms with Gasteiger partial charge in [0.1, 0.15) is 0 Å².